The van der Waals surface area contributed by atoms with Crippen LogP contribution in [-0.4, -0.2) is 32.3 Å². The summed E-state index contributed by atoms with van der Waals surface area (Å²) in [7, 11) is 1.69. The van der Waals surface area contributed by atoms with E-state index in [2.05, 4.69) is 36.5 Å². The smallest absolute Gasteiger partial charge is 0.223 e. The van der Waals surface area contributed by atoms with Gasteiger partial charge in [0.15, 0.2) is 0 Å². The molecule has 3 rings (SSSR count). The summed E-state index contributed by atoms with van der Waals surface area (Å²) in [4.78, 5) is 12.8. The standard InChI is InChI=1S/C21H31NO3/c1-15-7-8-16-5-3-4-6-19(16)20(15)22-21(23)17-9-11-18(12-10-17)25-14-13-24-2/h3-6,15,17-18,20H,7-14H2,1-2H3,(H,22,23). The lowest BCUT2D eigenvalue weighted by atomic mass is 9.80. The molecule has 0 radical (unpaired) electrons. The molecule has 1 saturated carbocycles. The summed E-state index contributed by atoms with van der Waals surface area (Å²) in [5.41, 5.74) is 2.70. The number of methoxy groups -OCH3 is 1. The average molecular weight is 345 g/mol. The molecule has 1 N–H and O–H groups in total. The highest BCUT2D eigenvalue weighted by atomic mass is 16.5. The number of amides is 1. The van der Waals surface area contributed by atoms with E-state index in [4.69, 9.17) is 9.47 Å². The van der Waals surface area contributed by atoms with Crippen molar-refractivity contribution in [3.05, 3.63) is 35.4 Å². The molecule has 0 saturated heterocycles. The molecule has 0 aromatic heterocycles. The molecule has 0 bridgehead atoms. The van der Waals surface area contributed by atoms with E-state index in [-0.39, 0.29) is 24.0 Å². The fourth-order valence-electron chi connectivity index (χ4n) is 4.20. The fraction of sp³-hybridized carbons (Fsp3) is 0.667. The third-order valence-electron chi connectivity index (χ3n) is 5.81. The zero-order valence-electron chi connectivity index (χ0n) is 15.5. The van der Waals surface area contributed by atoms with Gasteiger partial charge in [0.1, 0.15) is 0 Å². The first kappa shape index (κ1) is 18.4. The maximum Gasteiger partial charge on any atom is 0.223 e. The summed E-state index contributed by atoms with van der Waals surface area (Å²) in [5.74, 6) is 0.847. The van der Waals surface area contributed by atoms with E-state index in [0.29, 0.717) is 19.1 Å². The molecule has 0 aliphatic heterocycles. The van der Waals surface area contributed by atoms with Crippen LogP contribution in [0.25, 0.3) is 0 Å². The lowest BCUT2D eigenvalue weighted by Gasteiger charge is -2.34. The Kier molecular flexibility index (Phi) is 6.49. The average Bonchev–Trinajstić information content (AvgIpc) is 2.65. The summed E-state index contributed by atoms with van der Waals surface area (Å²) < 4.78 is 10.8. The van der Waals surface area contributed by atoms with Crippen LogP contribution in [0, 0.1) is 11.8 Å². The lowest BCUT2D eigenvalue weighted by molar-refractivity contribution is -0.128. The molecule has 2 unspecified atom stereocenters. The van der Waals surface area contributed by atoms with E-state index in [1.807, 2.05) is 0 Å². The van der Waals surface area contributed by atoms with Crippen LogP contribution in [0.5, 0.6) is 0 Å². The Balaban J connectivity index is 1.53. The SMILES string of the molecule is COCCOC1CCC(C(=O)NC2c3ccccc3CCC2C)CC1. The minimum Gasteiger partial charge on any atom is -0.382 e. The summed E-state index contributed by atoms with van der Waals surface area (Å²) in [5, 5.41) is 3.36. The normalized spacial score (nSPS) is 29.0. The molecule has 2 atom stereocenters. The quantitative estimate of drug-likeness (QED) is 0.801. The zero-order valence-corrected chi connectivity index (χ0v) is 15.5. The van der Waals surface area contributed by atoms with Crippen LogP contribution in [0.4, 0.5) is 0 Å². The van der Waals surface area contributed by atoms with Crippen LogP contribution in [0.3, 0.4) is 0 Å². The Morgan fingerprint density at radius 3 is 2.64 bits per heavy atom. The third-order valence-corrected chi connectivity index (χ3v) is 5.81. The van der Waals surface area contributed by atoms with Crippen LogP contribution in [-0.2, 0) is 20.7 Å². The van der Waals surface area contributed by atoms with Crippen LogP contribution in [0.1, 0.15) is 56.2 Å². The summed E-state index contributed by atoms with van der Waals surface area (Å²) in [6.07, 6.45) is 6.33. The van der Waals surface area contributed by atoms with Gasteiger partial charge in [-0.1, -0.05) is 31.2 Å². The second-order valence-corrected chi connectivity index (χ2v) is 7.54. The van der Waals surface area contributed by atoms with Crippen molar-refractivity contribution in [2.24, 2.45) is 11.8 Å². The van der Waals surface area contributed by atoms with Crippen LogP contribution in [0.15, 0.2) is 24.3 Å². The van der Waals surface area contributed by atoms with Crippen LogP contribution in [0.2, 0.25) is 0 Å². The van der Waals surface area contributed by atoms with Crippen LogP contribution >= 0.6 is 0 Å². The third kappa shape index (κ3) is 4.62. The minimum absolute atomic E-state index is 0.128. The molecule has 4 nitrogen and oxygen atoms in total. The van der Waals surface area contributed by atoms with Gasteiger partial charge in [0.25, 0.3) is 0 Å². The Morgan fingerprint density at radius 1 is 1.12 bits per heavy atom. The number of carbonyl (C=O) groups is 1. The Labute approximate surface area is 151 Å². The van der Waals surface area contributed by atoms with Crippen molar-refractivity contribution < 1.29 is 14.3 Å². The van der Waals surface area contributed by atoms with E-state index < -0.39 is 0 Å². The molecule has 1 fully saturated rings. The van der Waals surface area contributed by atoms with Crippen molar-refractivity contribution in [3.63, 3.8) is 0 Å². The van der Waals surface area contributed by atoms with E-state index in [1.54, 1.807) is 7.11 Å². The molecule has 25 heavy (non-hydrogen) atoms. The molecule has 1 aromatic carbocycles. The van der Waals surface area contributed by atoms with Gasteiger partial charge in [0.2, 0.25) is 5.91 Å². The summed E-state index contributed by atoms with van der Waals surface area (Å²) in [6.45, 7) is 3.54. The highest BCUT2D eigenvalue weighted by Crippen LogP contribution is 2.35. The topological polar surface area (TPSA) is 47.6 Å². The van der Waals surface area contributed by atoms with Crippen molar-refractivity contribution in [3.8, 4) is 0 Å². The molecule has 2 aliphatic rings. The van der Waals surface area contributed by atoms with Gasteiger partial charge >= 0.3 is 0 Å². The Hall–Kier alpha value is -1.39. The summed E-state index contributed by atoms with van der Waals surface area (Å²) in [6, 6.07) is 8.71. The number of ether oxygens (including phenoxy) is 2. The highest BCUT2D eigenvalue weighted by Gasteiger charge is 2.32. The fourth-order valence-corrected chi connectivity index (χ4v) is 4.20. The highest BCUT2D eigenvalue weighted by molar-refractivity contribution is 5.79. The molecule has 2 aliphatic carbocycles. The molecule has 0 spiro atoms. The number of aryl methyl sites for hydroxylation is 1. The van der Waals surface area contributed by atoms with Gasteiger partial charge in [0.05, 0.1) is 25.4 Å². The first-order valence-corrected chi connectivity index (χ1v) is 9.67. The predicted molar refractivity (Wildman–Crippen MR) is 98.4 cm³/mol. The Bertz CT molecular complexity index is 566. The number of fused-ring (bicyclic) bond motifs is 1. The van der Waals surface area contributed by atoms with E-state index in [1.165, 1.54) is 11.1 Å². The molecule has 4 heteroatoms. The number of rotatable bonds is 6. The van der Waals surface area contributed by atoms with Gasteiger partial charge in [-0.25, -0.2) is 0 Å². The molecular formula is C21H31NO3. The minimum atomic E-state index is 0.128. The largest absolute Gasteiger partial charge is 0.382 e. The first-order chi connectivity index (χ1) is 12.2. The maximum atomic E-state index is 12.8. The van der Waals surface area contributed by atoms with Gasteiger partial charge in [-0.3, -0.25) is 4.79 Å². The second kappa shape index (κ2) is 8.81. The summed E-state index contributed by atoms with van der Waals surface area (Å²) >= 11 is 0. The predicted octanol–water partition coefficient (Wildman–Crippen LogP) is 3.65. The van der Waals surface area contributed by atoms with Gasteiger partial charge in [-0.15, -0.1) is 0 Å². The first-order valence-electron chi connectivity index (χ1n) is 9.67. The zero-order chi connectivity index (χ0) is 17.6. The number of hydrogen-bond donors (Lipinski definition) is 1. The molecule has 138 valence electrons. The van der Waals surface area contributed by atoms with E-state index in [0.717, 1.165) is 38.5 Å². The van der Waals surface area contributed by atoms with Crippen molar-refractivity contribution >= 4 is 5.91 Å². The van der Waals surface area contributed by atoms with Gasteiger partial charge in [-0.2, -0.15) is 0 Å². The van der Waals surface area contributed by atoms with Crippen molar-refractivity contribution in [2.45, 2.75) is 57.6 Å². The number of hydrogen-bond acceptors (Lipinski definition) is 3. The van der Waals surface area contributed by atoms with E-state index >= 15 is 0 Å². The van der Waals surface area contributed by atoms with Crippen molar-refractivity contribution in [2.75, 3.05) is 20.3 Å². The molecule has 1 amide bonds. The van der Waals surface area contributed by atoms with Crippen molar-refractivity contribution in [1.82, 2.24) is 5.32 Å². The maximum absolute atomic E-state index is 12.8. The number of nitrogens with one attached hydrogen (secondary N) is 1. The molecular weight excluding hydrogens is 314 g/mol. The molecule has 0 heterocycles. The molecule has 1 aromatic rings. The van der Waals surface area contributed by atoms with Gasteiger partial charge < -0.3 is 14.8 Å². The van der Waals surface area contributed by atoms with E-state index in [9.17, 15) is 4.79 Å². The second-order valence-electron chi connectivity index (χ2n) is 7.54. The Morgan fingerprint density at radius 2 is 1.88 bits per heavy atom. The number of carbonyl (C=O) groups excluding carboxylic acids is 1. The number of benzene rings is 1. The van der Waals surface area contributed by atoms with Gasteiger partial charge in [0, 0.05) is 13.0 Å². The lowest BCUT2D eigenvalue weighted by Crippen LogP contribution is -2.40. The van der Waals surface area contributed by atoms with Crippen molar-refractivity contribution in [1.29, 1.82) is 0 Å². The van der Waals surface area contributed by atoms with Gasteiger partial charge in [-0.05, 0) is 55.6 Å². The monoisotopic (exact) mass is 345 g/mol. The van der Waals surface area contributed by atoms with Crippen LogP contribution < -0.4 is 5.32 Å².